The van der Waals surface area contributed by atoms with E-state index in [4.69, 9.17) is 4.42 Å². The highest BCUT2D eigenvalue weighted by molar-refractivity contribution is 6.05. The molecule has 1 aliphatic rings. The number of alkyl halides is 3. The van der Waals surface area contributed by atoms with Crippen molar-refractivity contribution in [2.24, 2.45) is 0 Å². The van der Waals surface area contributed by atoms with Crippen LogP contribution in [0.1, 0.15) is 43.2 Å². The Morgan fingerprint density at radius 3 is 2.43 bits per heavy atom. The maximum Gasteiger partial charge on any atom is 0.416 e. The number of fused-ring (bicyclic) bond motifs is 1. The summed E-state index contributed by atoms with van der Waals surface area (Å²) in [5, 5.41) is 2.89. The van der Waals surface area contributed by atoms with Crippen LogP contribution in [0.5, 0.6) is 0 Å². The molecule has 0 radical (unpaired) electrons. The lowest BCUT2D eigenvalue weighted by Crippen LogP contribution is -2.35. The normalized spacial score (nSPS) is 13.2. The van der Waals surface area contributed by atoms with Gasteiger partial charge < -0.3 is 14.6 Å². The van der Waals surface area contributed by atoms with Gasteiger partial charge in [-0.15, -0.1) is 0 Å². The van der Waals surface area contributed by atoms with Crippen molar-refractivity contribution in [1.82, 2.24) is 4.90 Å². The smallest absolute Gasteiger partial charge is 0.416 e. The predicted molar refractivity (Wildman–Crippen MR) is 133 cm³/mol. The van der Waals surface area contributed by atoms with Gasteiger partial charge in [0.25, 0.3) is 11.8 Å². The minimum atomic E-state index is -4.51. The summed E-state index contributed by atoms with van der Waals surface area (Å²) in [5.41, 5.74) is 2.92. The zero-order chi connectivity index (χ0) is 26.2. The van der Waals surface area contributed by atoms with Crippen molar-refractivity contribution in [3.63, 3.8) is 0 Å². The first-order valence-corrected chi connectivity index (χ1v) is 11.7. The Hall–Kier alpha value is -4.33. The van der Waals surface area contributed by atoms with E-state index in [0.717, 1.165) is 34.6 Å². The topological polar surface area (TPSA) is 62.6 Å². The van der Waals surface area contributed by atoms with Crippen LogP contribution in [0, 0.1) is 6.92 Å². The van der Waals surface area contributed by atoms with Crippen LogP contribution in [0.3, 0.4) is 0 Å². The maximum absolute atomic E-state index is 13.1. The maximum atomic E-state index is 13.1. The fourth-order valence-corrected chi connectivity index (χ4v) is 4.40. The number of halogens is 3. The number of carbonyl (C=O) groups excluding carboxylic acids is 2. The minimum absolute atomic E-state index is 0.00493. The molecule has 0 atom stereocenters. The fraction of sp³-hybridized carbons (Fsp3) is 0.172. The Morgan fingerprint density at radius 2 is 1.70 bits per heavy atom. The Morgan fingerprint density at radius 1 is 0.946 bits per heavy atom. The minimum Gasteiger partial charge on any atom is -0.461 e. The molecule has 0 saturated carbocycles. The summed E-state index contributed by atoms with van der Waals surface area (Å²) in [6, 6.07) is 20.9. The highest BCUT2D eigenvalue weighted by Crippen LogP contribution is 2.32. The number of nitrogens with one attached hydrogen (secondary N) is 1. The first kappa shape index (κ1) is 24.4. The monoisotopic (exact) mass is 504 g/mol. The van der Waals surface area contributed by atoms with Gasteiger partial charge in [-0.25, -0.2) is 0 Å². The molecule has 2 amide bonds. The lowest BCUT2D eigenvalue weighted by atomic mass is 10.0. The van der Waals surface area contributed by atoms with E-state index in [1.54, 1.807) is 18.2 Å². The van der Waals surface area contributed by atoms with Crippen molar-refractivity contribution in [3.8, 4) is 11.3 Å². The van der Waals surface area contributed by atoms with Gasteiger partial charge >= 0.3 is 6.18 Å². The molecule has 2 heterocycles. The van der Waals surface area contributed by atoms with Crippen LogP contribution in [-0.4, -0.2) is 23.3 Å². The average Bonchev–Trinajstić information content (AvgIpc) is 3.32. The van der Waals surface area contributed by atoms with Gasteiger partial charge in [-0.05, 0) is 67.1 Å². The third-order valence-electron chi connectivity index (χ3n) is 6.41. The molecule has 188 valence electrons. The van der Waals surface area contributed by atoms with Gasteiger partial charge in [0.1, 0.15) is 11.5 Å². The number of hydrogen-bond donors (Lipinski definition) is 1. The molecule has 3 aromatic carbocycles. The summed E-state index contributed by atoms with van der Waals surface area (Å²) in [6.07, 6.45) is -4.05. The van der Waals surface area contributed by atoms with Crippen LogP contribution in [0.15, 0.2) is 83.3 Å². The second-order valence-corrected chi connectivity index (χ2v) is 8.96. The molecule has 0 saturated heterocycles. The number of nitrogens with zero attached hydrogens (tertiary/aromatic N) is 1. The van der Waals surface area contributed by atoms with Crippen molar-refractivity contribution in [3.05, 3.63) is 112 Å². The van der Waals surface area contributed by atoms with Crippen LogP contribution in [0.4, 0.5) is 18.9 Å². The van der Waals surface area contributed by atoms with Gasteiger partial charge in [0.2, 0.25) is 0 Å². The highest BCUT2D eigenvalue weighted by atomic mass is 19.4. The summed E-state index contributed by atoms with van der Waals surface area (Å²) in [6.45, 7) is 2.47. The number of furan rings is 1. The van der Waals surface area contributed by atoms with E-state index < -0.39 is 17.6 Å². The molecule has 4 aromatic rings. The second kappa shape index (κ2) is 9.61. The number of benzene rings is 3. The molecule has 1 aromatic heterocycles. The molecular formula is C29H23F3N2O3. The van der Waals surface area contributed by atoms with Gasteiger partial charge in [-0.3, -0.25) is 9.59 Å². The number of hydrogen-bond acceptors (Lipinski definition) is 3. The quantitative estimate of drug-likeness (QED) is 0.335. The largest absolute Gasteiger partial charge is 0.461 e. The van der Waals surface area contributed by atoms with E-state index in [-0.39, 0.29) is 18.0 Å². The molecular weight excluding hydrogens is 481 g/mol. The standard InChI is InChI=1S/C29H23F3N2O3/c1-18-5-2-3-8-24(18)27(35)33-23-11-9-19(10-12-23)26-16-21-17-34(14-13-25(21)37-26)28(36)20-6-4-7-22(15-20)29(30,31)32/h2-12,15-16H,13-14,17H2,1H3,(H,33,35). The van der Waals surface area contributed by atoms with E-state index in [1.165, 1.54) is 17.0 Å². The molecule has 0 bridgehead atoms. The number of amides is 2. The first-order valence-electron chi connectivity index (χ1n) is 11.7. The van der Waals surface area contributed by atoms with Gasteiger partial charge in [0.15, 0.2) is 0 Å². The Kier molecular flexibility index (Phi) is 6.33. The Balaban J connectivity index is 1.28. The summed E-state index contributed by atoms with van der Waals surface area (Å²) < 4.78 is 45.2. The Labute approximate surface area is 211 Å². The predicted octanol–water partition coefficient (Wildman–Crippen LogP) is 6.72. The Bertz CT molecular complexity index is 1470. The lowest BCUT2D eigenvalue weighted by Gasteiger charge is -2.26. The first-order chi connectivity index (χ1) is 17.7. The zero-order valence-electron chi connectivity index (χ0n) is 19.9. The van der Waals surface area contributed by atoms with Crippen molar-refractivity contribution in [1.29, 1.82) is 0 Å². The van der Waals surface area contributed by atoms with Crippen LogP contribution in [0.25, 0.3) is 11.3 Å². The molecule has 0 spiro atoms. The van der Waals surface area contributed by atoms with E-state index in [0.29, 0.717) is 30.0 Å². The van der Waals surface area contributed by atoms with Gasteiger partial charge in [0, 0.05) is 47.5 Å². The van der Waals surface area contributed by atoms with Gasteiger partial charge in [0.05, 0.1) is 5.56 Å². The molecule has 8 heteroatoms. The van der Waals surface area contributed by atoms with Crippen molar-refractivity contribution < 1.29 is 27.2 Å². The number of carbonyl (C=O) groups is 2. The molecule has 37 heavy (non-hydrogen) atoms. The van der Waals surface area contributed by atoms with Crippen LogP contribution >= 0.6 is 0 Å². The molecule has 1 N–H and O–H groups in total. The van der Waals surface area contributed by atoms with Crippen LogP contribution in [-0.2, 0) is 19.1 Å². The summed E-state index contributed by atoms with van der Waals surface area (Å²) in [7, 11) is 0. The van der Waals surface area contributed by atoms with Crippen LogP contribution < -0.4 is 5.32 Å². The summed E-state index contributed by atoms with van der Waals surface area (Å²) >= 11 is 0. The van der Waals surface area contributed by atoms with Crippen molar-refractivity contribution in [2.75, 3.05) is 11.9 Å². The zero-order valence-corrected chi connectivity index (χ0v) is 19.9. The molecule has 0 fully saturated rings. The van der Waals surface area contributed by atoms with Crippen LogP contribution in [0.2, 0.25) is 0 Å². The van der Waals surface area contributed by atoms with Gasteiger partial charge in [-0.1, -0.05) is 24.3 Å². The lowest BCUT2D eigenvalue weighted by molar-refractivity contribution is -0.137. The van der Waals surface area contributed by atoms with E-state index in [9.17, 15) is 22.8 Å². The molecule has 5 nitrogen and oxygen atoms in total. The third-order valence-corrected chi connectivity index (χ3v) is 6.41. The molecule has 0 aliphatic carbocycles. The fourth-order valence-electron chi connectivity index (χ4n) is 4.40. The molecule has 0 unspecified atom stereocenters. The second-order valence-electron chi connectivity index (χ2n) is 8.96. The summed E-state index contributed by atoms with van der Waals surface area (Å²) in [5.74, 6) is 0.730. The van der Waals surface area contributed by atoms with E-state index in [2.05, 4.69) is 5.32 Å². The van der Waals surface area contributed by atoms with E-state index in [1.807, 2.05) is 43.3 Å². The number of anilines is 1. The van der Waals surface area contributed by atoms with E-state index >= 15 is 0 Å². The number of aryl methyl sites for hydroxylation is 1. The van der Waals surface area contributed by atoms with Crippen molar-refractivity contribution >= 4 is 17.5 Å². The summed E-state index contributed by atoms with van der Waals surface area (Å²) in [4.78, 5) is 27.0. The molecule has 1 aliphatic heterocycles. The van der Waals surface area contributed by atoms with Crippen molar-refractivity contribution in [2.45, 2.75) is 26.1 Å². The average molecular weight is 505 g/mol. The number of rotatable bonds is 4. The SMILES string of the molecule is Cc1ccccc1C(=O)Nc1ccc(-c2cc3c(o2)CCN(C(=O)c2cccc(C(F)(F)F)c2)C3)cc1. The highest BCUT2D eigenvalue weighted by Gasteiger charge is 2.32. The third kappa shape index (κ3) is 5.14. The van der Waals surface area contributed by atoms with Gasteiger partial charge in [-0.2, -0.15) is 13.2 Å². The molecule has 5 rings (SSSR count).